The Kier molecular flexibility index (Phi) is 7.12. The molecule has 10 heteroatoms. The number of nitrogens with two attached hydrogens (primary N) is 1. The third-order valence-corrected chi connectivity index (χ3v) is 5.56. The van der Waals surface area contributed by atoms with E-state index in [0.717, 1.165) is 48.5 Å². The SMILES string of the molecule is C=C/C=C\N=C(N)n1cc(C(=O)NCC2(c3cccnc3)CCCCC2)c(C(F)(F)F)n1. The van der Waals surface area contributed by atoms with Crippen molar-refractivity contribution in [1.82, 2.24) is 20.1 Å². The Morgan fingerprint density at radius 3 is 2.72 bits per heavy atom. The maximum atomic E-state index is 13.6. The predicted octanol–water partition coefficient (Wildman–Crippen LogP) is 3.79. The third kappa shape index (κ3) is 5.24. The van der Waals surface area contributed by atoms with E-state index in [9.17, 15) is 18.0 Å². The summed E-state index contributed by atoms with van der Waals surface area (Å²) >= 11 is 0. The molecule has 2 aromatic heterocycles. The van der Waals surface area contributed by atoms with E-state index >= 15 is 0 Å². The molecule has 0 bridgehead atoms. The maximum Gasteiger partial charge on any atom is 0.435 e. The summed E-state index contributed by atoms with van der Waals surface area (Å²) < 4.78 is 41.4. The molecule has 170 valence electrons. The van der Waals surface area contributed by atoms with Crippen LogP contribution in [0.2, 0.25) is 0 Å². The summed E-state index contributed by atoms with van der Waals surface area (Å²) in [4.78, 5) is 20.8. The number of rotatable bonds is 6. The standard InChI is InChI=1S/C22H25F3N6O/c1-2-3-12-28-20(26)31-14-17(18(30-31)22(23,24)25)19(32)29-15-21(9-5-4-6-10-21)16-8-7-11-27-13-16/h2-3,7-8,11-14H,1,4-6,9-10,15H2,(H2,26,28)(H,29,32)/b12-3-. The Bertz CT molecular complexity index is 1000. The van der Waals surface area contributed by atoms with Crippen molar-refractivity contribution >= 4 is 11.9 Å². The van der Waals surface area contributed by atoms with Gasteiger partial charge in [-0.15, -0.1) is 0 Å². The number of nitrogens with one attached hydrogen (secondary N) is 1. The number of aliphatic imine (C=N–C) groups is 1. The summed E-state index contributed by atoms with van der Waals surface area (Å²) in [5, 5.41) is 6.15. The van der Waals surface area contributed by atoms with Crippen LogP contribution in [0.5, 0.6) is 0 Å². The van der Waals surface area contributed by atoms with E-state index < -0.39 is 23.3 Å². The molecule has 7 nitrogen and oxygen atoms in total. The zero-order valence-electron chi connectivity index (χ0n) is 17.5. The molecule has 1 saturated carbocycles. The molecular weight excluding hydrogens is 421 g/mol. The number of halogens is 3. The van der Waals surface area contributed by atoms with Gasteiger partial charge in [-0.25, -0.2) is 9.67 Å². The first-order valence-electron chi connectivity index (χ1n) is 10.2. The van der Waals surface area contributed by atoms with Crippen LogP contribution < -0.4 is 11.1 Å². The number of pyridine rings is 1. The lowest BCUT2D eigenvalue weighted by Gasteiger charge is -2.37. The van der Waals surface area contributed by atoms with Crippen molar-refractivity contribution in [2.75, 3.05) is 6.54 Å². The van der Waals surface area contributed by atoms with Crippen molar-refractivity contribution in [1.29, 1.82) is 0 Å². The first kappa shape index (κ1) is 23.2. The van der Waals surface area contributed by atoms with Crippen molar-refractivity contribution in [3.8, 4) is 0 Å². The quantitative estimate of drug-likeness (QED) is 0.401. The van der Waals surface area contributed by atoms with Gasteiger partial charge in [0, 0.05) is 36.8 Å². The number of nitrogens with zero attached hydrogens (tertiary/aromatic N) is 4. The first-order valence-corrected chi connectivity index (χ1v) is 10.2. The van der Waals surface area contributed by atoms with E-state index in [0.29, 0.717) is 0 Å². The van der Waals surface area contributed by atoms with Crippen LogP contribution in [0.1, 0.15) is 53.7 Å². The van der Waals surface area contributed by atoms with Gasteiger partial charge >= 0.3 is 6.18 Å². The predicted molar refractivity (Wildman–Crippen MR) is 115 cm³/mol. The van der Waals surface area contributed by atoms with Crippen molar-refractivity contribution < 1.29 is 18.0 Å². The molecule has 1 aliphatic carbocycles. The number of aromatic nitrogens is 3. The fourth-order valence-corrected chi connectivity index (χ4v) is 3.92. The molecule has 0 radical (unpaired) electrons. The van der Waals surface area contributed by atoms with Crippen LogP contribution in [0.25, 0.3) is 0 Å². The van der Waals surface area contributed by atoms with Crippen molar-refractivity contribution in [2.45, 2.75) is 43.7 Å². The van der Waals surface area contributed by atoms with E-state index in [1.807, 2.05) is 12.1 Å². The first-order chi connectivity index (χ1) is 15.3. The lowest BCUT2D eigenvalue weighted by Crippen LogP contribution is -2.42. The highest BCUT2D eigenvalue weighted by Gasteiger charge is 2.40. The van der Waals surface area contributed by atoms with Gasteiger partial charge in [0.05, 0.1) is 5.56 Å². The molecule has 2 heterocycles. The topological polar surface area (TPSA) is 98.2 Å². The summed E-state index contributed by atoms with van der Waals surface area (Å²) in [6.45, 7) is 3.67. The second-order valence-corrected chi connectivity index (χ2v) is 7.66. The normalized spacial score (nSPS) is 16.8. The van der Waals surface area contributed by atoms with E-state index in [4.69, 9.17) is 5.73 Å². The van der Waals surface area contributed by atoms with Gasteiger partial charge in [0.15, 0.2) is 5.69 Å². The molecule has 1 fully saturated rings. The van der Waals surface area contributed by atoms with Crippen molar-refractivity contribution in [3.05, 3.63) is 72.5 Å². The Morgan fingerprint density at radius 1 is 1.34 bits per heavy atom. The lowest BCUT2D eigenvalue weighted by molar-refractivity contribution is -0.141. The van der Waals surface area contributed by atoms with Crippen LogP contribution in [0.4, 0.5) is 13.2 Å². The van der Waals surface area contributed by atoms with Gasteiger partial charge in [-0.2, -0.15) is 18.3 Å². The van der Waals surface area contributed by atoms with E-state index in [-0.39, 0.29) is 17.9 Å². The molecule has 0 atom stereocenters. The molecule has 1 amide bonds. The van der Waals surface area contributed by atoms with Gasteiger partial charge in [0.25, 0.3) is 5.91 Å². The average Bonchev–Trinajstić information content (AvgIpc) is 3.25. The third-order valence-electron chi connectivity index (χ3n) is 5.56. The largest absolute Gasteiger partial charge is 0.435 e. The van der Waals surface area contributed by atoms with Gasteiger partial charge in [-0.1, -0.05) is 38.0 Å². The summed E-state index contributed by atoms with van der Waals surface area (Å²) in [5.41, 5.74) is 4.38. The average molecular weight is 446 g/mol. The Morgan fingerprint density at radius 2 is 2.09 bits per heavy atom. The number of alkyl halides is 3. The Balaban J connectivity index is 1.87. The highest BCUT2D eigenvalue weighted by Crippen LogP contribution is 2.39. The lowest BCUT2D eigenvalue weighted by atomic mass is 9.70. The van der Waals surface area contributed by atoms with Gasteiger partial charge in [0.1, 0.15) is 0 Å². The number of carbonyl (C=O) groups excluding carboxylic acids is 1. The number of amides is 1. The van der Waals surface area contributed by atoms with Crippen LogP contribution in [-0.2, 0) is 11.6 Å². The number of allylic oxidation sites excluding steroid dienone is 2. The monoisotopic (exact) mass is 446 g/mol. The van der Waals surface area contributed by atoms with E-state index in [1.165, 1.54) is 18.4 Å². The molecule has 0 spiro atoms. The van der Waals surface area contributed by atoms with Gasteiger partial charge < -0.3 is 11.1 Å². The van der Waals surface area contributed by atoms with E-state index in [2.05, 4.69) is 27.0 Å². The Hall–Kier alpha value is -3.43. The van der Waals surface area contributed by atoms with Crippen LogP contribution in [-0.4, -0.2) is 33.2 Å². The highest BCUT2D eigenvalue weighted by atomic mass is 19.4. The number of hydrogen-bond donors (Lipinski definition) is 2. The van der Waals surface area contributed by atoms with Crippen LogP contribution in [0.3, 0.4) is 0 Å². The molecule has 2 aromatic rings. The second kappa shape index (κ2) is 9.80. The van der Waals surface area contributed by atoms with Gasteiger partial charge in [-0.05, 0) is 30.5 Å². The smallest absolute Gasteiger partial charge is 0.368 e. The second-order valence-electron chi connectivity index (χ2n) is 7.66. The summed E-state index contributed by atoms with van der Waals surface area (Å²) in [6.07, 6.45) is 8.35. The molecule has 0 aromatic carbocycles. The molecular formula is C22H25F3N6O. The fraction of sp³-hybridized carbons (Fsp3) is 0.364. The van der Waals surface area contributed by atoms with E-state index in [1.54, 1.807) is 12.4 Å². The molecule has 32 heavy (non-hydrogen) atoms. The molecule has 0 unspecified atom stereocenters. The van der Waals surface area contributed by atoms with Crippen molar-refractivity contribution in [3.63, 3.8) is 0 Å². The van der Waals surface area contributed by atoms with Gasteiger partial charge in [0.2, 0.25) is 5.96 Å². The molecule has 3 rings (SSSR count). The zero-order chi connectivity index (χ0) is 23.2. The summed E-state index contributed by atoms with van der Waals surface area (Å²) in [7, 11) is 0. The molecule has 3 N–H and O–H groups in total. The summed E-state index contributed by atoms with van der Waals surface area (Å²) in [6, 6.07) is 3.76. The summed E-state index contributed by atoms with van der Waals surface area (Å²) in [5.74, 6) is -1.18. The molecule has 0 saturated heterocycles. The maximum absolute atomic E-state index is 13.6. The minimum atomic E-state index is -4.83. The minimum Gasteiger partial charge on any atom is -0.368 e. The molecule has 0 aliphatic heterocycles. The number of carbonyl (C=O) groups is 1. The fourth-order valence-electron chi connectivity index (χ4n) is 3.92. The zero-order valence-corrected chi connectivity index (χ0v) is 17.5. The van der Waals surface area contributed by atoms with Crippen LogP contribution in [0.15, 0.2) is 60.6 Å². The van der Waals surface area contributed by atoms with Crippen LogP contribution in [0, 0.1) is 0 Å². The highest BCUT2D eigenvalue weighted by molar-refractivity contribution is 5.96. The Labute approximate surface area is 183 Å². The van der Waals surface area contributed by atoms with Crippen LogP contribution >= 0.6 is 0 Å². The van der Waals surface area contributed by atoms with Crippen molar-refractivity contribution in [2.24, 2.45) is 10.7 Å². The molecule has 1 aliphatic rings. The van der Waals surface area contributed by atoms with Gasteiger partial charge in [-0.3, -0.25) is 9.78 Å². The minimum absolute atomic E-state index is 0.200. The number of hydrogen-bond acceptors (Lipinski definition) is 4.